The molecule has 1 aliphatic heterocycles. The molecule has 0 spiro atoms. The highest BCUT2D eigenvalue weighted by atomic mass is 16.3. The smallest absolute Gasteiger partial charge is 0.327 e. The van der Waals surface area contributed by atoms with E-state index in [4.69, 9.17) is 4.42 Å². The second-order valence-corrected chi connectivity index (χ2v) is 7.63. The van der Waals surface area contributed by atoms with Crippen molar-refractivity contribution in [2.45, 2.75) is 44.8 Å². The lowest BCUT2D eigenvalue weighted by Gasteiger charge is -2.46. The molecule has 4 rings (SSSR count). The molecule has 2 fully saturated rings. The Morgan fingerprint density at radius 1 is 1.07 bits per heavy atom. The number of rotatable bonds is 6. The van der Waals surface area contributed by atoms with Gasteiger partial charge in [0.05, 0.1) is 25.3 Å². The summed E-state index contributed by atoms with van der Waals surface area (Å²) in [5.74, 6) is 0.0478. The molecule has 1 aliphatic carbocycles. The Bertz CT molecular complexity index is 865. The maximum absolute atomic E-state index is 13.2. The van der Waals surface area contributed by atoms with Crippen LogP contribution in [0.2, 0.25) is 0 Å². The van der Waals surface area contributed by atoms with Crippen molar-refractivity contribution in [2.75, 3.05) is 6.54 Å². The summed E-state index contributed by atoms with van der Waals surface area (Å²) in [6, 6.07) is 12.4. The molecule has 29 heavy (non-hydrogen) atoms. The minimum atomic E-state index is -0.379. The standard InChI is InChI=1S/C22H25N3O4/c26-20(23-13-17-9-6-12-29-17)15-24-19-11-5-4-10-18(19)21(27)25(22(24)28)14-16-7-2-1-3-8-16/h1-3,6-9,12,18-19H,4-5,10-11,13-15H2,(H,23,26). The van der Waals surface area contributed by atoms with E-state index in [1.807, 2.05) is 30.3 Å². The van der Waals surface area contributed by atoms with Crippen LogP contribution in [0.4, 0.5) is 4.79 Å². The molecule has 0 bridgehead atoms. The van der Waals surface area contributed by atoms with Crippen molar-refractivity contribution >= 4 is 17.8 Å². The number of hydrogen-bond donors (Lipinski definition) is 1. The predicted octanol–water partition coefficient (Wildman–Crippen LogP) is 2.92. The summed E-state index contributed by atoms with van der Waals surface area (Å²) in [7, 11) is 0. The van der Waals surface area contributed by atoms with Crippen molar-refractivity contribution in [1.82, 2.24) is 15.1 Å². The van der Waals surface area contributed by atoms with Gasteiger partial charge in [-0.25, -0.2) is 4.79 Å². The highest BCUT2D eigenvalue weighted by Crippen LogP contribution is 2.35. The molecule has 7 nitrogen and oxygen atoms in total. The average Bonchev–Trinajstić information content (AvgIpc) is 3.27. The molecule has 1 aromatic carbocycles. The van der Waals surface area contributed by atoms with Crippen molar-refractivity contribution in [3.05, 3.63) is 60.1 Å². The van der Waals surface area contributed by atoms with Crippen molar-refractivity contribution in [2.24, 2.45) is 5.92 Å². The van der Waals surface area contributed by atoms with Gasteiger partial charge in [0.2, 0.25) is 11.8 Å². The molecule has 1 saturated heterocycles. The summed E-state index contributed by atoms with van der Waals surface area (Å²) in [4.78, 5) is 41.7. The van der Waals surface area contributed by atoms with Gasteiger partial charge in [0.25, 0.3) is 0 Å². The van der Waals surface area contributed by atoms with E-state index in [1.54, 1.807) is 23.3 Å². The first-order valence-electron chi connectivity index (χ1n) is 10.1. The van der Waals surface area contributed by atoms with Gasteiger partial charge in [0, 0.05) is 6.04 Å². The molecule has 0 radical (unpaired) electrons. The largest absolute Gasteiger partial charge is 0.467 e. The number of benzene rings is 1. The summed E-state index contributed by atoms with van der Waals surface area (Å²) in [5, 5.41) is 2.79. The summed E-state index contributed by atoms with van der Waals surface area (Å²) in [6.45, 7) is 0.445. The highest BCUT2D eigenvalue weighted by molar-refractivity contribution is 6.00. The third-order valence-electron chi connectivity index (χ3n) is 5.73. The number of urea groups is 1. The zero-order valence-electron chi connectivity index (χ0n) is 16.3. The maximum atomic E-state index is 13.2. The SMILES string of the molecule is O=C(CN1C(=O)N(Cc2ccccc2)C(=O)C2CCCCC21)NCc1ccco1. The fourth-order valence-corrected chi connectivity index (χ4v) is 4.27. The van der Waals surface area contributed by atoms with E-state index in [1.165, 1.54) is 4.90 Å². The lowest BCUT2D eigenvalue weighted by atomic mass is 9.81. The lowest BCUT2D eigenvalue weighted by Crippen LogP contribution is -2.63. The molecule has 2 atom stereocenters. The van der Waals surface area contributed by atoms with Crippen LogP contribution in [0.25, 0.3) is 0 Å². The maximum Gasteiger partial charge on any atom is 0.327 e. The van der Waals surface area contributed by atoms with Crippen molar-refractivity contribution in [1.29, 1.82) is 0 Å². The second-order valence-electron chi connectivity index (χ2n) is 7.63. The summed E-state index contributed by atoms with van der Waals surface area (Å²) in [6.07, 6.45) is 5.00. The zero-order chi connectivity index (χ0) is 20.2. The topological polar surface area (TPSA) is 82.9 Å². The van der Waals surface area contributed by atoms with Crippen molar-refractivity contribution in [3.63, 3.8) is 0 Å². The summed E-state index contributed by atoms with van der Waals surface area (Å²) < 4.78 is 5.23. The molecular formula is C22H25N3O4. The fourth-order valence-electron chi connectivity index (χ4n) is 4.27. The zero-order valence-corrected chi connectivity index (χ0v) is 16.3. The minimum Gasteiger partial charge on any atom is -0.467 e. The number of carbonyl (C=O) groups is 3. The minimum absolute atomic E-state index is 0.0563. The second kappa shape index (κ2) is 8.51. The molecule has 1 saturated carbocycles. The Balaban J connectivity index is 1.49. The number of fused-ring (bicyclic) bond motifs is 1. The summed E-state index contributed by atoms with van der Waals surface area (Å²) in [5.41, 5.74) is 0.894. The van der Waals surface area contributed by atoms with Crippen LogP contribution < -0.4 is 5.32 Å². The fraction of sp³-hybridized carbons (Fsp3) is 0.409. The van der Waals surface area contributed by atoms with E-state index in [0.717, 1.165) is 31.2 Å². The Morgan fingerprint density at radius 3 is 2.62 bits per heavy atom. The van der Waals surface area contributed by atoms with Crippen LogP contribution in [0, 0.1) is 5.92 Å². The van der Waals surface area contributed by atoms with Gasteiger partial charge < -0.3 is 14.6 Å². The van der Waals surface area contributed by atoms with Crippen LogP contribution >= 0.6 is 0 Å². The quantitative estimate of drug-likeness (QED) is 0.815. The third kappa shape index (κ3) is 4.18. The number of carbonyl (C=O) groups excluding carboxylic acids is 3. The Morgan fingerprint density at radius 2 is 1.86 bits per heavy atom. The van der Waals surface area contributed by atoms with Gasteiger partial charge in [-0.1, -0.05) is 43.2 Å². The molecule has 2 heterocycles. The van der Waals surface area contributed by atoms with Crippen LogP contribution in [-0.2, 0) is 22.7 Å². The first-order valence-corrected chi connectivity index (χ1v) is 10.1. The van der Waals surface area contributed by atoms with Gasteiger partial charge in [-0.3, -0.25) is 14.5 Å². The molecule has 152 valence electrons. The van der Waals surface area contributed by atoms with E-state index in [0.29, 0.717) is 5.76 Å². The first kappa shape index (κ1) is 19.2. The highest BCUT2D eigenvalue weighted by Gasteiger charge is 2.47. The molecule has 1 aromatic heterocycles. The molecule has 2 aromatic rings. The van der Waals surface area contributed by atoms with Crippen molar-refractivity contribution < 1.29 is 18.8 Å². The number of nitrogens with zero attached hydrogens (tertiary/aromatic N) is 2. The molecule has 2 unspecified atom stereocenters. The van der Waals surface area contributed by atoms with Crippen LogP contribution in [0.15, 0.2) is 53.1 Å². The molecule has 7 heteroatoms. The number of nitrogens with one attached hydrogen (secondary N) is 1. The van der Waals surface area contributed by atoms with E-state index >= 15 is 0 Å². The van der Waals surface area contributed by atoms with Gasteiger partial charge in [0.1, 0.15) is 12.3 Å². The Labute approximate surface area is 169 Å². The van der Waals surface area contributed by atoms with Gasteiger partial charge >= 0.3 is 6.03 Å². The lowest BCUT2D eigenvalue weighted by molar-refractivity contribution is -0.142. The van der Waals surface area contributed by atoms with E-state index < -0.39 is 0 Å². The first-order chi connectivity index (χ1) is 14.1. The van der Waals surface area contributed by atoms with Gasteiger partial charge in [-0.05, 0) is 30.5 Å². The molecule has 1 N–H and O–H groups in total. The summed E-state index contributed by atoms with van der Waals surface area (Å²) >= 11 is 0. The van der Waals surface area contributed by atoms with Crippen molar-refractivity contribution in [3.8, 4) is 0 Å². The van der Waals surface area contributed by atoms with E-state index in [-0.39, 0.29) is 49.4 Å². The monoisotopic (exact) mass is 395 g/mol. The van der Waals surface area contributed by atoms with Crippen LogP contribution in [0.3, 0.4) is 0 Å². The number of amides is 4. The average molecular weight is 395 g/mol. The van der Waals surface area contributed by atoms with Gasteiger partial charge in [-0.15, -0.1) is 0 Å². The molecule has 4 amide bonds. The number of hydrogen-bond acceptors (Lipinski definition) is 4. The van der Waals surface area contributed by atoms with Gasteiger partial charge in [0.15, 0.2) is 0 Å². The molecule has 2 aliphatic rings. The normalized spacial score (nSPS) is 21.8. The third-order valence-corrected chi connectivity index (χ3v) is 5.73. The van der Waals surface area contributed by atoms with Gasteiger partial charge in [-0.2, -0.15) is 0 Å². The Hall–Kier alpha value is -3.09. The number of furan rings is 1. The predicted molar refractivity (Wildman–Crippen MR) is 105 cm³/mol. The van der Waals surface area contributed by atoms with E-state index in [2.05, 4.69) is 5.32 Å². The van der Waals surface area contributed by atoms with Crippen LogP contribution in [0.5, 0.6) is 0 Å². The van der Waals surface area contributed by atoms with E-state index in [9.17, 15) is 14.4 Å². The molecular weight excluding hydrogens is 370 g/mol. The van der Waals surface area contributed by atoms with Crippen LogP contribution in [-0.4, -0.2) is 40.2 Å². The van der Waals surface area contributed by atoms with Crippen LogP contribution in [0.1, 0.15) is 37.0 Å². The number of imide groups is 1. The Kier molecular flexibility index (Phi) is 5.64.